The molecule has 6 rings (SSSR count). The van der Waals surface area contributed by atoms with E-state index in [1.54, 1.807) is 76.2 Å². The first-order valence-electron chi connectivity index (χ1n) is 19.4. The molecule has 1 amide bonds. The van der Waals surface area contributed by atoms with Gasteiger partial charge in [-0.2, -0.15) is 0 Å². The number of rotatable bonds is 10. The molecule has 5 N–H and O–H groups in total. The molecule has 2 bridgehead atoms. The average Bonchev–Trinajstić information content (AvgIpc) is 3.18. The second kappa shape index (κ2) is 16.1. The molecule has 59 heavy (non-hydrogen) atoms. The SMILES string of the molecule is CC(=O)O[C@@]12CO[C@@H]1C[C@@H](O)[C@@]1(C)C(=O)[C@H](O)C3=C(C)[C@@H](OC(=O)[C@H](O)[C@@H](NC(=O)[C@](C)(Br)[C@@H](C)Br)c4ccccc4)C[C@@](O)([C@@H](OC(=O)c4ccccc4)[C@H]21)C3(C)C. The van der Waals surface area contributed by atoms with Gasteiger partial charge in [-0.25, -0.2) is 9.59 Å². The summed E-state index contributed by atoms with van der Waals surface area (Å²) in [5, 5.41) is 52.0. The molecule has 1 aliphatic heterocycles. The van der Waals surface area contributed by atoms with Crippen LogP contribution in [0.1, 0.15) is 83.3 Å². The fraction of sp³-hybridized carbons (Fsp3) is 0.558. The van der Waals surface area contributed by atoms with Gasteiger partial charge < -0.3 is 44.7 Å². The van der Waals surface area contributed by atoms with E-state index in [1.165, 1.54) is 26.0 Å². The van der Waals surface area contributed by atoms with Crippen LogP contribution in [0.15, 0.2) is 71.8 Å². The standard InChI is InChI=1S/C43H51Br2NO13/c1-21-26(57-37(53)32(50)30(24-14-10-8-11-15-24)46-38(54)41(7,45)22(2)44)19-43(55)35(58-36(52)25-16-12-9-13-17-25)33-40(6,34(51)31(49)29(21)39(43,4)5)27(48)18-28-42(33,20-56-28)59-23(3)47/h8-17,22,26-28,30-33,35,48-50,55H,18-20H2,1-7H3,(H,46,54)/t22-,26+,27-,28-,30+,31-,32-,33+,35+,40-,41-,42+,43-/m1/s1. The van der Waals surface area contributed by atoms with Gasteiger partial charge in [0.15, 0.2) is 17.5 Å². The van der Waals surface area contributed by atoms with Crippen LogP contribution in [-0.2, 0) is 38.1 Å². The molecule has 2 saturated carbocycles. The summed E-state index contributed by atoms with van der Waals surface area (Å²) in [6, 6.07) is 14.8. The Morgan fingerprint density at radius 2 is 1.59 bits per heavy atom. The number of carbonyl (C=O) groups excluding carboxylic acids is 5. The maximum atomic E-state index is 15.0. The number of esters is 3. The van der Waals surface area contributed by atoms with Crippen molar-refractivity contribution >= 4 is 61.5 Å². The fourth-order valence-electron chi connectivity index (χ4n) is 9.59. The zero-order valence-corrected chi connectivity index (χ0v) is 37.0. The predicted molar refractivity (Wildman–Crippen MR) is 218 cm³/mol. The smallest absolute Gasteiger partial charge is 0.338 e. The normalized spacial score (nSPS) is 34.8. The van der Waals surface area contributed by atoms with Crippen molar-refractivity contribution in [2.45, 2.75) is 124 Å². The third-order valence-electron chi connectivity index (χ3n) is 13.4. The molecule has 4 aliphatic rings. The van der Waals surface area contributed by atoms with Crippen molar-refractivity contribution in [1.29, 1.82) is 0 Å². The van der Waals surface area contributed by atoms with Crippen LogP contribution in [0.25, 0.3) is 0 Å². The van der Waals surface area contributed by atoms with Gasteiger partial charge in [0.2, 0.25) is 5.91 Å². The Balaban J connectivity index is 1.49. The second-order valence-electron chi connectivity index (χ2n) is 17.1. The summed E-state index contributed by atoms with van der Waals surface area (Å²) < 4.78 is 23.0. The van der Waals surface area contributed by atoms with Crippen LogP contribution in [0.3, 0.4) is 0 Å². The largest absolute Gasteiger partial charge is 0.456 e. The Labute approximate surface area is 359 Å². The Morgan fingerprint density at radius 3 is 2.14 bits per heavy atom. The van der Waals surface area contributed by atoms with E-state index in [9.17, 15) is 44.4 Å². The van der Waals surface area contributed by atoms with Crippen LogP contribution in [0.4, 0.5) is 0 Å². The van der Waals surface area contributed by atoms with Crippen molar-refractivity contribution in [3.63, 3.8) is 0 Å². The molecule has 2 aromatic carbocycles. The van der Waals surface area contributed by atoms with Crippen molar-refractivity contribution < 1.29 is 63.3 Å². The maximum absolute atomic E-state index is 15.0. The number of Topliss-reactive ketones (excluding diaryl/α,β-unsaturated/α-hetero) is 1. The molecule has 14 nitrogen and oxygen atoms in total. The van der Waals surface area contributed by atoms with Gasteiger partial charge in [-0.15, -0.1) is 0 Å². The minimum Gasteiger partial charge on any atom is -0.456 e. The summed E-state index contributed by atoms with van der Waals surface area (Å²) >= 11 is 6.84. The Bertz CT molecular complexity index is 2020. The maximum Gasteiger partial charge on any atom is 0.338 e. The number of ketones is 1. The van der Waals surface area contributed by atoms with E-state index in [2.05, 4.69) is 37.2 Å². The lowest BCUT2D eigenvalue weighted by atomic mass is 9.44. The van der Waals surface area contributed by atoms with E-state index >= 15 is 0 Å². The summed E-state index contributed by atoms with van der Waals surface area (Å²) in [5.74, 6) is -5.88. The fourth-order valence-corrected chi connectivity index (χ4v) is 9.91. The first-order chi connectivity index (χ1) is 27.5. The zero-order chi connectivity index (χ0) is 43.6. The third-order valence-corrected chi connectivity index (χ3v) is 15.9. The highest BCUT2D eigenvalue weighted by atomic mass is 79.9. The molecule has 0 aromatic heterocycles. The van der Waals surface area contributed by atoms with Gasteiger partial charge in [-0.1, -0.05) is 101 Å². The first kappa shape index (κ1) is 45.0. The molecular weight excluding hydrogens is 898 g/mol. The minimum absolute atomic E-state index is 0.0565. The summed E-state index contributed by atoms with van der Waals surface area (Å²) in [6.45, 7) is 10.2. The number of fused-ring (bicyclic) bond motifs is 5. The lowest BCUT2D eigenvalue weighted by Gasteiger charge is -2.67. The number of hydrogen-bond acceptors (Lipinski definition) is 13. The van der Waals surface area contributed by atoms with Crippen molar-refractivity contribution in [2.75, 3.05) is 6.61 Å². The van der Waals surface area contributed by atoms with Crippen LogP contribution in [0.5, 0.6) is 0 Å². The van der Waals surface area contributed by atoms with Gasteiger partial charge in [0, 0.05) is 30.0 Å². The van der Waals surface area contributed by atoms with Gasteiger partial charge in [-0.3, -0.25) is 14.4 Å². The van der Waals surface area contributed by atoms with Gasteiger partial charge in [0.25, 0.3) is 0 Å². The topological polar surface area (TPSA) is 215 Å². The van der Waals surface area contributed by atoms with Crippen LogP contribution >= 0.6 is 31.9 Å². The molecule has 3 fully saturated rings. The Morgan fingerprint density at radius 1 is 1.00 bits per heavy atom. The van der Waals surface area contributed by atoms with Gasteiger partial charge in [0.1, 0.15) is 34.3 Å². The lowest BCUT2D eigenvalue weighted by Crippen LogP contribution is -2.81. The molecular formula is C43H51Br2NO13. The molecule has 3 aliphatic carbocycles. The molecule has 2 aromatic rings. The number of alkyl halides is 2. The number of amides is 1. The number of aliphatic hydroxyl groups is 4. The first-order valence-corrected chi connectivity index (χ1v) is 21.2. The van der Waals surface area contributed by atoms with E-state index in [0.717, 1.165) is 6.92 Å². The minimum atomic E-state index is -2.35. The molecule has 1 heterocycles. The summed E-state index contributed by atoms with van der Waals surface area (Å²) in [7, 11) is 0. The monoisotopic (exact) mass is 947 g/mol. The van der Waals surface area contributed by atoms with E-state index in [0.29, 0.717) is 5.56 Å². The van der Waals surface area contributed by atoms with Gasteiger partial charge >= 0.3 is 17.9 Å². The van der Waals surface area contributed by atoms with Crippen LogP contribution in [0.2, 0.25) is 0 Å². The Kier molecular flexibility index (Phi) is 12.3. The number of benzene rings is 2. The van der Waals surface area contributed by atoms with Crippen molar-refractivity contribution in [2.24, 2.45) is 16.7 Å². The summed E-state index contributed by atoms with van der Waals surface area (Å²) in [6.07, 6.45) is -10.5. The lowest BCUT2D eigenvalue weighted by molar-refractivity contribution is -0.346. The van der Waals surface area contributed by atoms with Crippen LogP contribution in [0, 0.1) is 16.7 Å². The average molecular weight is 950 g/mol. The molecule has 13 atom stereocenters. The third kappa shape index (κ3) is 7.29. The van der Waals surface area contributed by atoms with E-state index in [-0.39, 0.29) is 34.6 Å². The number of halogens is 2. The second-order valence-corrected chi connectivity index (χ2v) is 20.1. The van der Waals surface area contributed by atoms with E-state index < -0.39 is 111 Å². The highest BCUT2D eigenvalue weighted by Crippen LogP contribution is 2.64. The Hall–Kier alpha value is -3.51. The quantitative estimate of drug-likeness (QED) is 0.0994. The number of ether oxygens (including phenoxy) is 4. The van der Waals surface area contributed by atoms with Crippen LogP contribution in [-0.4, -0.2) is 114 Å². The number of hydrogen-bond donors (Lipinski definition) is 5. The molecule has 0 unspecified atom stereocenters. The number of carbonyl (C=O) groups is 5. The molecule has 0 radical (unpaired) electrons. The van der Waals surface area contributed by atoms with E-state index in [1.807, 2.05) is 0 Å². The molecule has 1 saturated heterocycles. The van der Waals surface area contributed by atoms with Gasteiger partial charge in [-0.05, 0) is 49.6 Å². The summed E-state index contributed by atoms with van der Waals surface area (Å²) in [4.78, 5) is 69.3. The van der Waals surface area contributed by atoms with Gasteiger partial charge in [0.05, 0.1) is 35.6 Å². The molecule has 0 spiro atoms. The van der Waals surface area contributed by atoms with Crippen LogP contribution < -0.4 is 5.32 Å². The van der Waals surface area contributed by atoms with Crippen molar-refractivity contribution in [1.82, 2.24) is 5.32 Å². The highest BCUT2D eigenvalue weighted by Gasteiger charge is 2.78. The van der Waals surface area contributed by atoms with Crippen molar-refractivity contribution in [3.05, 3.63) is 82.9 Å². The van der Waals surface area contributed by atoms with Crippen molar-refractivity contribution in [3.8, 4) is 0 Å². The summed E-state index contributed by atoms with van der Waals surface area (Å²) in [5.41, 5.74) is -7.15. The predicted octanol–water partition coefficient (Wildman–Crippen LogP) is 3.79. The zero-order valence-electron chi connectivity index (χ0n) is 33.8. The van der Waals surface area contributed by atoms with E-state index in [4.69, 9.17) is 18.9 Å². The number of aliphatic hydroxyl groups excluding tert-OH is 3. The highest BCUT2D eigenvalue weighted by molar-refractivity contribution is 9.12. The number of nitrogens with one attached hydrogen (secondary N) is 1. The molecule has 16 heteroatoms. The molecule has 320 valence electrons.